The Morgan fingerprint density at radius 2 is 1.63 bits per heavy atom. The van der Waals surface area contributed by atoms with Crippen LogP contribution in [0.15, 0.2) is 71.8 Å². The number of ether oxygens (including phenoxy) is 2. The lowest BCUT2D eigenvalue weighted by atomic mass is 10.3. The van der Waals surface area contributed by atoms with Gasteiger partial charge in [-0.2, -0.15) is 5.10 Å². The highest BCUT2D eigenvalue weighted by Gasteiger charge is 2.21. The van der Waals surface area contributed by atoms with Crippen LogP contribution in [0, 0.1) is 6.92 Å². The van der Waals surface area contributed by atoms with Gasteiger partial charge in [0, 0.05) is 23.6 Å². The van der Waals surface area contributed by atoms with Gasteiger partial charge in [0.2, 0.25) is 0 Å². The molecule has 182 valence electrons. The smallest absolute Gasteiger partial charge is 0.265 e. The molecule has 2 heterocycles. The van der Waals surface area contributed by atoms with Crippen molar-refractivity contribution in [3.63, 3.8) is 0 Å². The van der Waals surface area contributed by atoms with Gasteiger partial charge >= 0.3 is 0 Å². The van der Waals surface area contributed by atoms with E-state index in [2.05, 4.69) is 25.3 Å². The number of aromatic nitrogens is 4. The van der Waals surface area contributed by atoms with Crippen LogP contribution in [0.2, 0.25) is 0 Å². The van der Waals surface area contributed by atoms with Crippen molar-refractivity contribution >= 4 is 27.2 Å². The molecule has 0 saturated carbocycles. The molecule has 2 aromatic carbocycles. The lowest BCUT2D eigenvalue weighted by molar-refractivity contribution is 0.322. The predicted octanol–water partition coefficient (Wildman–Crippen LogP) is 4.31. The van der Waals surface area contributed by atoms with E-state index in [1.54, 1.807) is 60.1 Å². The molecule has 4 aromatic rings. The molecule has 0 radical (unpaired) electrons. The molecule has 0 saturated heterocycles. The van der Waals surface area contributed by atoms with Gasteiger partial charge < -0.3 is 14.8 Å². The molecular weight excluding hydrogens is 468 g/mol. The lowest BCUT2D eigenvalue weighted by Crippen LogP contribution is -2.15. The molecule has 2 N–H and O–H groups in total. The molecule has 0 atom stereocenters. The van der Waals surface area contributed by atoms with Crippen molar-refractivity contribution in [1.29, 1.82) is 0 Å². The van der Waals surface area contributed by atoms with Gasteiger partial charge in [0.05, 0.1) is 18.9 Å². The zero-order chi connectivity index (χ0) is 24.8. The number of anilines is 3. The van der Waals surface area contributed by atoms with Gasteiger partial charge in [0.15, 0.2) is 11.6 Å². The van der Waals surface area contributed by atoms with E-state index in [0.29, 0.717) is 36.3 Å². The summed E-state index contributed by atoms with van der Waals surface area (Å²) in [7, 11) is -3.91. The van der Waals surface area contributed by atoms with Crippen LogP contribution in [0.5, 0.6) is 11.5 Å². The molecule has 0 fully saturated rings. The van der Waals surface area contributed by atoms with Gasteiger partial charge in [0.25, 0.3) is 10.0 Å². The van der Waals surface area contributed by atoms with Crippen molar-refractivity contribution in [2.24, 2.45) is 0 Å². The van der Waals surface area contributed by atoms with Crippen LogP contribution in [-0.4, -0.2) is 41.6 Å². The molecule has 0 amide bonds. The summed E-state index contributed by atoms with van der Waals surface area (Å²) in [6.45, 7) is 6.29. The van der Waals surface area contributed by atoms with Crippen LogP contribution in [0.1, 0.15) is 19.5 Å². The van der Waals surface area contributed by atoms with Crippen LogP contribution in [0.4, 0.5) is 17.2 Å². The minimum atomic E-state index is -3.91. The lowest BCUT2D eigenvalue weighted by Gasteiger charge is -2.14. The Kier molecular flexibility index (Phi) is 7.16. The summed E-state index contributed by atoms with van der Waals surface area (Å²) in [6.07, 6.45) is 1.82. The second kappa shape index (κ2) is 10.4. The number of aryl methyl sites for hydroxylation is 1. The SMILES string of the molecule is CCOc1ccc(OCC)c(S(=O)(=O)Nc2ccc(Nc3ccc(-n4ccc(C)n4)nn3)cc2)c1. The second-order valence-electron chi connectivity index (χ2n) is 7.46. The van der Waals surface area contributed by atoms with Crippen molar-refractivity contribution < 1.29 is 17.9 Å². The first-order chi connectivity index (χ1) is 16.9. The van der Waals surface area contributed by atoms with Crippen molar-refractivity contribution in [1.82, 2.24) is 20.0 Å². The number of hydrogen-bond acceptors (Lipinski definition) is 8. The van der Waals surface area contributed by atoms with Crippen molar-refractivity contribution in [2.75, 3.05) is 23.3 Å². The average Bonchev–Trinajstić information content (AvgIpc) is 3.28. The summed E-state index contributed by atoms with van der Waals surface area (Å²) in [5, 5.41) is 15.8. The standard InChI is InChI=1S/C24H26N6O4S/c1-4-33-20-10-11-21(34-5-2)22(16-20)35(31,32)29-19-8-6-18(7-9-19)25-23-12-13-24(27-26-23)30-15-14-17(3)28-30/h6-16,29H,4-5H2,1-3H3,(H,25,26). The number of hydrogen-bond donors (Lipinski definition) is 2. The van der Waals surface area contributed by atoms with Crippen LogP contribution < -0.4 is 19.5 Å². The third kappa shape index (κ3) is 5.87. The fourth-order valence-electron chi connectivity index (χ4n) is 3.27. The number of benzene rings is 2. The van der Waals surface area contributed by atoms with E-state index in [1.807, 2.05) is 26.1 Å². The van der Waals surface area contributed by atoms with Crippen molar-refractivity contribution in [3.8, 4) is 17.3 Å². The van der Waals surface area contributed by atoms with Crippen LogP contribution >= 0.6 is 0 Å². The first-order valence-corrected chi connectivity index (χ1v) is 12.5. The van der Waals surface area contributed by atoms with E-state index in [1.165, 1.54) is 6.07 Å². The number of nitrogens with one attached hydrogen (secondary N) is 2. The normalized spacial score (nSPS) is 11.2. The summed E-state index contributed by atoms with van der Waals surface area (Å²) in [5.41, 5.74) is 2.01. The minimum absolute atomic E-state index is 0.00948. The Hall–Kier alpha value is -4.12. The quantitative estimate of drug-likeness (QED) is 0.335. The van der Waals surface area contributed by atoms with Crippen LogP contribution in [0.25, 0.3) is 5.82 Å². The molecule has 0 bridgehead atoms. The first kappa shape index (κ1) is 24.0. The highest BCUT2D eigenvalue weighted by atomic mass is 32.2. The maximum atomic E-state index is 13.1. The summed E-state index contributed by atoms with van der Waals surface area (Å²) in [4.78, 5) is 0.00948. The molecule has 4 rings (SSSR count). The Bertz CT molecular complexity index is 1390. The fraction of sp³-hybridized carbons (Fsp3) is 0.208. The highest BCUT2D eigenvalue weighted by Crippen LogP contribution is 2.30. The molecule has 0 spiro atoms. The first-order valence-electron chi connectivity index (χ1n) is 11.0. The average molecular weight is 495 g/mol. The van der Waals surface area contributed by atoms with Gasteiger partial charge in [-0.25, -0.2) is 13.1 Å². The minimum Gasteiger partial charge on any atom is -0.494 e. The molecular formula is C24H26N6O4S. The van der Waals surface area contributed by atoms with Crippen LogP contribution in [-0.2, 0) is 10.0 Å². The Morgan fingerprint density at radius 3 is 2.26 bits per heavy atom. The van der Waals surface area contributed by atoms with E-state index in [-0.39, 0.29) is 10.6 Å². The zero-order valence-corrected chi connectivity index (χ0v) is 20.4. The molecule has 0 aliphatic carbocycles. The Labute approximate surface area is 204 Å². The zero-order valence-electron chi connectivity index (χ0n) is 19.6. The van der Waals surface area contributed by atoms with Crippen molar-refractivity contribution in [3.05, 3.63) is 72.6 Å². The van der Waals surface area contributed by atoms with Gasteiger partial charge in [-0.15, -0.1) is 10.2 Å². The summed E-state index contributed by atoms with van der Waals surface area (Å²) in [6, 6.07) is 17.0. The molecule has 11 heteroatoms. The monoisotopic (exact) mass is 494 g/mol. The molecule has 0 unspecified atom stereocenters. The number of sulfonamides is 1. The maximum Gasteiger partial charge on any atom is 0.265 e. The van der Waals surface area contributed by atoms with E-state index in [0.717, 1.165) is 11.4 Å². The Balaban J connectivity index is 1.47. The molecule has 10 nitrogen and oxygen atoms in total. The fourth-order valence-corrected chi connectivity index (χ4v) is 4.49. The summed E-state index contributed by atoms with van der Waals surface area (Å²) >= 11 is 0. The number of nitrogens with zero attached hydrogens (tertiary/aromatic N) is 4. The maximum absolute atomic E-state index is 13.1. The summed E-state index contributed by atoms with van der Waals surface area (Å²) < 4.78 is 41.4. The third-order valence-electron chi connectivity index (χ3n) is 4.83. The number of rotatable bonds is 10. The van der Waals surface area contributed by atoms with E-state index in [4.69, 9.17) is 9.47 Å². The van der Waals surface area contributed by atoms with Gasteiger partial charge in [0.1, 0.15) is 16.4 Å². The highest BCUT2D eigenvalue weighted by molar-refractivity contribution is 7.92. The van der Waals surface area contributed by atoms with Crippen molar-refractivity contribution in [2.45, 2.75) is 25.7 Å². The molecule has 35 heavy (non-hydrogen) atoms. The van der Waals surface area contributed by atoms with Crippen LogP contribution in [0.3, 0.4) is 0 Å². The van der Waals surface area contributed by atoms with E-state index < -0.39 is 10.0 Å². The van der Waals surface area contributed by atoms with E-state index >= 15 is 0 Å². The van der Waals surface area contributed by atoms with Gasteiger partial charge in [-0.3, -0.25) is 4.72 Å². The third-order valence-corrected chi connectivity index (χ3v) is 6.24. The molecule has 0 aliphatic rings. The van der Waals surface area contributed by atoms with Gasteiger partial charge in [-0.1, -0.05) is 0 Å². The van der Waals surface area contributed by atoms with Gasteiger partial charge in [-0.05, 0) is 75.4 Å². The molecule has 2 aromatic heterocycles. The Morgan fingerprint density at radius 1 is 0.886 bits per heavy atom. The molecule has 0 aliphatic heterocycles. The topological polar surface area (TPSA) is 120 Å². The predicted molar refractivity (Wildman–Crippen MR) is 133 cm³/mol. The largest absolute Gasteiger partial charge is 0.494 e. The summed E-state index contributed by atoms with van der Waals surface area (Å²) in [5.74, 6) is 1.85. The van der Waals surface area contributed by atoms with E-state index in [9.17, 15) is 8.42 Å². The second-order valence-corrected chi connectivity index (χ2v) is 9.11.